The second-order valence-electron chi connectivity index (χ2n) is 3.98. The van der Waals surface area contributed by atoms with Crippen LogP contribution < -0.4 is 0 Å². The number of methoxy groups -OCH3 is 1. The SMILES string of the molecule is COC(=O)C(C)SCc1nnc(-c2ccc(Br)cc2)o1. The molecule has 0 spiro atoms. The first kappa shape index (κ1) is 15.1. The lowest BCUT2D eigenvalue weighted by Crippen LogP contribution is -2.14. The summed E-state index contributed by atoms with van der Waals surface area (Å²) in [7, 11) is 1.37. The number of thioether (sulfide) groups is 1. The minimum atomic E-state index is -0.261. The molecule has 1 heterocycles. The van der Waals surface area contributed by atoms with Crippen LogP contribution in [0.1, 0.15) is 12.8 Å². The maximum Gasteiger partial charge on any atom is 0.318 e. The first-order valence-electron chi connectivity index (χ1n) is 5.88. The normalized spacial score (nSPS) is 12.2. The highest BCUT2D eigenvalue weighted by atomic mass is 79.9. The molecule has 0 N–H and O–H groups in total. The summed E-state index contributed by atoms with van der Waals surface area (Å²) in [5.74, 6) is 1.17. The van der Waals surface area contributed by atoms with Gasteiger partial charge in [0.15, 0.2) is 0 Å². The highest BCUT2D eigenvalue weighted by Gasteiger charge is 2.16. The van der Waals surface area contributed by atoms with Crippen LogP contribution in [0, 0.1) is 0 Å². The van der Waals surface area contributed by atoms with Crippen LogP contribution in [0.3, 0.4) is 0 Å². The predicted octanol–water partition coefficient (Wildman–Crippen LogP) is 3.29. The van der Waals surface area contributed by atoms with Crippen molar-refractivity contribution in [3.8, 4) is 11.5 Å². The average Bonchev–Trinajstić information content (AvgIpc) is 2.93. The Kier molecular flexibility index (Phi) is 5.19. The topological polar surface area (TPSA) is 65.2 Å². The van der Waals surface area contributed by atoms with Crippen LogP contribution >= 0.6 is 27.7 Å². The van der Waals surface area contributed by atoms with Gasteiger partial charge in [-0.05, 0) is 31.2 Å². The van der Waals surface area contributed by atoms with Crippen molar-refractivity contribution in [2.24, 2.45) is 0 Å². The van der Waals surface area contributed by atoms with Crippen molar-refractivity contribution in [2.45, 2.75) is 17.9 Å². The summed E-state index contributed by atoms with van der Waals surface area (Å²) >= 11 is 4.77. The molecule has 0 amide bonds. The molecule has 1 aromatic carbocycles. The summed E-state index contributed by atoms with van der Waals surface area (Å²) in [5.41, 5.74) is 0.859. The molecule has 0 fully saturated rings. The number of hydrogen-bond acceptors (Lipinski definition) is 6. The number of ether oxygens (including phenoxy) is 1. The molecule has 0 aliphatic heterocycles. The van der Waals surface area contributed by atoms with Crippen LogP contribution in [-0.4, -0.2) is 28.5 Å². The van der Waals surface area contributed by atoms with Gasteiger partial charge in [-0.25, -0.2) is 0 Å². The molecule has 7 heteroatoms. The highest BCUT2D eigenvalue weighted by Crippen LogP contribution is 2.23. The Hall–Kier alpha value is -1.34. The van der Waals surface area contributed by atoms with E-state index in [0.717, 1.165) is 10.0 Å². The van der Waals surface area contributed by atoms with Crippen molar-refractivity contribution < 1.29 is 13.9 Å². The van der Waals surface area contributed by atoms with Gasteiger partial charge in [-0.3, -0.25) is 4.79 Å². The largest absolute Gasteiger partial charge is 0.468 e. The summed E-state index contributed by atoms with van der Waals surface area (Å²) in [6.07, 6.45) is 0. The second kappa shape index (κ2) is 6.90. The fraction of sp³-hybridized carbons (Fsp3) is 0.308. The fourth-order valence-corrected chi connectivity index (χ4v) is 2.46. The molecule has 0 aliphatic carbocycles. The Bertz CT molecular complexity index is 586. The van der Waals surface area contributed by atoms with Crippen LogP contribution in [0.25, 0.3) is 11.5 Å². The molecule has 0 saturated heterocycles. The lowest BCUT2D eigenvalue weighted by Gasteiger charge is -2.06. The van der Waals surface area contributed by atoms with Crippen LogP contribution in [0.2, 0.25) is 0 Å². The zero-order valence-corrected chi connectivity index (χ0v) is 13.4. The van der Waals surface area contributed by atoms with E-state index in [2.05, 4.69) is 30.9 Å². The number of aromatic nitrogens is 2. The molecule has 106 valence electrons. The minimum absolute atomic E-state index is 0.261. The van der Waals surface area contributed by atoms with Gasteiger partial charge in [-0.1, -0.05) is 15.9 Å². The molecule has 1 unspecified atom stereocenters. The van der Waals surface area contributed by atoms with E-state index in [-0.39, 0.29) is 11.2 Å². The molecule has 0 radical (unpaired) electrons. The maximum atomic E-state index is 11.3. The fourth-order valence-electron chi connectivity index (χ4n) is 1.45. The molecule has 20 heavy (non-hydrogen) atoms. The lowest BCUT2D eigenvalue weighted by atomic mass is 10.2. The molecule has 0 bridgehead atoms. The van der Waals surface area contributed by atoms with Crippen LogP contribution in [-0.2, 0) is 15.3 Å². The lowest BCUT2D eigenvalue weighted by molar-refractivity contribution is -0.139. The molecular weight excluding hydrogens is 344 g/mol. The number of nitrogens with zero attached hydrogens (tertiary/aromatic N) is 2. The first-order valence-corrected chi connectivity index (χ1v) is 7.72. The molecule has 0 aliphatic rings. The predicted molar refractivity (Wildman–Crippen MR) is 80.2 cm³/mol. The van der Waals surface area contributed by atoms with Crippen molar-refractivity contribution in [1.29, 1.82) is 0 Å². The standard InChI is InChI=1S/C13H13BrN2O3S/c1-8(13(17)18-2)20-7-11-15-16-12(19-11)9-3-5-10(14)6-4-9/h3-6,8H,7H2,1-2H3. The zero-order chi connectivity index (χ0) is 14.5. The Morgan fingerprint density at radius 3 is 2.75 bits per heavy atom. The van der Waals surface area contributed by atoms with Crippen LogP contribution in [0.4, 0.5) is 0 Å². The maximum absolute atomic E-state index is 11.3. The smallest absolute Gasteiger partial charge is 0.318 e. The van der Waals surface area contributed by atoms with Crippen molar-refractivity contribution in [3.05, 3.63) is 34.6 Å². The van der Waals surface area contributed by atoms with Gasteiger partial charge in [0.25, 0.3) is 0 Å². The number of carbonyl (C=O) groups is 1. The van der Waals surface area contributed by atoms with E-state index in [1.165, 1.54) is 18.9 Å². The number of benzene rings is 1. The summed E-state index contributed by atoms with van der Waals surface area (Å²) in [5, 5.41) is 7.71. The van der Waals surface area contributed by atoms with E-state index in [1.807, 2.05) is 24.3 Å². The Balaban J connectivity index is 1.99. The van der Waals surface area contributed by atoms with E-state index in [1.54, 1.807) is 6.92 Å². The van der Waals surface area contributed by atoms with E-state index >= 15 is 0 Å². The van der Waals surface area contributed by atoms with Gasteiger partial charge < -0.3 is 9.15 Å². The third-order valence-electron chi connectivity index (χ3n) is 2.55. The third kappa shape index (κ3) is 3.83. The molecule has 2 aromatic rings. The number of esters is 1. The van der Waals surface area contributed by atoms with Crippen molar-refractivity contribution in [2.75, 3.05) is 7.11 Å². The Labute approximate surface area is 129 Å². The Morgan fingerprint density at radius 2 is 2.10 bits per heavy atom. The van der Waals surface area contributed by atoms with E-state index in [9.17, 15) is 4.79 Å². The average molecular weight is 357 g/mol. The molecule has 1 aromatic heterocycles. The number of halogens is 1. The quantitative estimate of drug-likeness (QED) is 0.765. The van der Waals surface area contributed by atoms with Crippen molar-refractivity contribution >= 4 is 33.7 Å². The van der Waals surface area contributed by atoms with Crippen molar-refractivity contribution in [1.82, 2.24) is 10.2 Å². The first-order chi connectivity index (χ1) is 9.60. The zero-order valence-electron chi connectivity index (χ0n) is 11.0. The third-order valence-corrected chi connectivity index (χ3v) is 4.18. The van der Waals surface area contributed by atoms with E-state index < -0.39 is 0 Å². The monoisotopic (exact) mass is 356 g/mol. The van der Waals surface area contributed by atoms with Gasteiger partial charge in [-0.15, -0.1) is 22.0 Å². The Morgan fingerprint density at radius 1 is 1.40 bits per heavy atom. The molecule has 0 saturated carbocycles. The summed E-state index contributed by atoms with van der Waals surface area (Å²) in [4.78, 5) is 11.3. The van der Waals surface area contributed by atoms with Crippen molar-refractivity contribution in [3.63, 3.8) is 0 Å². The van der Waals surface area contributed by atoms with Crippen LogP contribution in [0.15, 0.2) is 33.2 Å². The second-order valence-corrected chi connectivity index (χ2v) is 6.23. The highest BCUT2D eigenvalue weighted by molar-refractivity contribution is 9.10. The summed E-state index contributed by atoms with van der Waals surface area (Å²) in [6, 6.07) is 7.61. The van der Waals surface area contributed by atoms with Gasteiger partial charge in [0.05, 0.1) is 12.9 Å². The van der Waals surface area contributed by atoms with Crippen LogP contribution in [0.5, 0.6) is 0 Å². The van der Waals surface area contributed by atoms with Gasteiger partial charge in [0.2, 0.25) is 11.8 Å². The number of carbonyl (C=O) groups excluding carboxylic acids is 1. The number of hydrogen-bond donors (Lipinski definition) is 0. The molecule has 2 rings (SSSR count). The van der Waals surface area contributed by atoms with Gasteiger partial charge in [-0.2, -0.15) is 0 Å². The van der Waals surface area contributed by atoms with Gasteiger partial charge >= 0.3 is 5.97 Å². The summed E-state index contributed by atoms with van der Waals surface area (Å²) in [6.45, 7) is 1.78. The summed E-state index contributed by atoms with van der Waals surface area (Å²) < 4.78 is 11.2. The van der Waals surface area contributed by atoms with E-state index in [4.69, 9.17) is 4.42 Å². The minimum Gasteiger partial charge on any atom is -0.468 e. The molecule has 1 atom stereocenters. The number of rotatable bonds is 5. The molecule has 5 nitrogen and oxygen atoms in total. The van der Waals surface area contributed by atoms with E-state index in [0.29, 0.717) is 17.5 Å². The van der Waals surface area contributed by atoms with Gasteiger partial charge in [0, 0.05) is 10.0 Å². The molecular formula is C13H13BrN2O3S. The van der Waals surface area contributed by atoms with Gasteiger partial charge in [0.1, 0.15) is 5.25 Å².